The Morgan fingerprint density at radius 3 is 2.61 bits per heavy atom. The van der Waals surface area contributed by atoms with E-state index in [0.717, 1.165) is 45.6 Å². The molecule has 2 rings (SSSR count). The van der Waals surface area contributed by atoms with Crippen molar-refractivity contribution in [1.29, 1.82) is 0 Å². The minimum Gasteiger partial charge on any atom is -0.352 e. The van der Waals surface area contributed by atoms with Gasteiger partial charge in [-0.3, -0.25) is 14.6 Å². The Morgan fingerprint density at radius 2 is 2.06 bits per heavy atom. The molecule has 102 valence electrons. The van der Waals surface area contributed by atoms with Gasteiger partial charge < -0.3 is 5.32 Å². The first-order valence-electron chi connectivity index (χ1n) is 6.72. The zero-order valence-corrected chi connectivity index (χ0v) is 11.7. The van der Waals surface area contributed by atoms with Crippen LogP contribution < -0.4 is 5.32 Å². The van der Waals surface area contributed by atoms with Gasteiger partial charge in [0.2, 0.25) is 5.91 Å². The lowest BCUT2D eigenvalue weighted by molar-refractivity contribution is -0.126. The van der Waals surface area contributed by atoms with Gasteiger partial charge in [0.15, 0.2) is 0 Å². The van der Waals surface area contributed by atoms with Gasteiger partial charge in [-0.1, -0.05) is 17.7 Å². The Bertz CT molecular complexity index is 309. The molecule has 0 radical (unpaired) electrons. The highest BCUT2D eigenvalue weighted by atomic mass is 35.5. The van der Waals surface area contributed by atoms with Crippen molar-refractivity contribution in [3.05, 3.63) is 11.6 Å². The van der Waals surface area contributed by atoms with Crippen molar-refractivity contribution in [2.75, 3.05) is 32.7 Å². The highest BCUT2D eigenvalue weighted by Crippen LogP contribution is 2.19. The molecule has 0 aromatic heterocycles. The minimum atomic E-state index is -0.00341. The summed E-state index contributed by atoms with van der Waals surface area (Å²) in [6, 6.07) is 0.450. The molecule has 1 aliphatic heterocycles. The molecule has 1 amide bonds. The molecule has 4 nitrogen and oxygen atoms in total. The summed E-state index contributed by atoms with van der Waals surface area (Å²) in [6.45, 7) is 6.82. The van der Waals surface area contributed by atoms with E-state index in [-0.39, 0.29) is 11.9 Å². The molecule has 1 saturated carbocycles. The third-order valence-corrected chi connectivity index (χ3v) is 3.89. The molecule has 0 aromatic rings. The average molecular weight is 272 g/mol. The van der Waals surface area contributed by atoms with E-state index < -0.39 is 0 Å². The molecule has 1 unspecified atom stereocenters. The van der Waals surface area contributed by atoms with Crippen molar-refractivity contribution in [2.45, 2.75) is 31.8 Å². The lowest BCUT2D eigenvalue weighted by Gasteiger charge is -2.37. The zero-order chi connectivity index (χ0) is 13.0. The number of hydrogen-bond acceptors (Lipinski definition) is 3. The number of amides is 1. The Balaban J connectivity index is 1.72. The molecule has 0 bridgehead atoms. The fourth-order valence-electron chi connectivity index (χ4n) is 2.24. The van der Waals surface area contributed by atoms with Gasteiger partial charge in [-0.25, -0.2) is 0 Å². The van der Waals surface area contributed by atoms with E-state index in [4.69, 9.17) is 11.6 Å². The van der Waals surface area contributed by atoms with Crippen LogP contribution in [0.25, 0.3) is 0 Å². The van der Waals surface area contributed by atoms with Crippen molar-refractivity contribution < 1.29 is 4.79 Å². The maximum atomic E-state index is 12.0. The first-order chi connectivity index (χ1) is 8.70. The molecule has 5 heteroatoms. The summed E-state index contributed by atoms with van der Waals surface area (Å²) in [7, 11) is 0. The quantitative estimate of drug-likeness (QED) is 0.811. The highest BCUT2D eigenvalue weighted by Gasteiger charge is 2.29. The molecule has 1 atom stereocenters. The minimum absolute atomic E-state index is 0.00341. The second kappa shape index (κ2) is 6.55. The van der Waals surface area contributed by atoms with Gasteiger partial charge in [0.25, 0.3) is 0 Å². The van der Waals surface area contributed by atoms with Crippen LogP contribution in [0.5, 0.6) is 0 Å². The number of piperazine rings is 1. The van der Waals surface area contributed by atoms with Gasteiger partial charge in [-0.2, -0.15) is 0 Å². The van der Waals surface area contributed by atoms with Crippen LogP contribution in [-0.4, -0.2) is 60.5 Å². The SMILES string of the molecule is CC(C(=O)NC1CC1)N1CCN(C/C=C/Cl)CC1. The van der Waals surface area contributed by atoms with Gasteiger partial charge in [0.05, 0.1) is 6.04 Å². The van der Waals surface area contributed by atoms with Crippen molar-refractivity contribution >= 4 is 17.5 Å². The van der Waals surface area contributed by atoms with Gasteiger partial charge in [-0.15, -0.1) is 0 Å². The molecule has 1 heterocycles. The standard InChI is InChI=1S/C13H22ClN3O/c1-11(13(18)15-12-3-4-12)17-9-7-16(8-10-17)6-2-5-14/h2,5,11-12H,3-4,6-10H2,1H3,(H,15,18)/b5-2+. The van der Waals surface area contributed by atoms with E-state index in [9.17, 15) is 4.79 Å². The van der Waals surface area contributed by atoms with E-state index in [2.05, 4.69) is 15.1 Å². The number of nitrogens with zero attached hydrogens (tertiary/aromatic N) is 2. The Kier molecular flexibility index (Phi) is 5.03. The predicted molar refractivity (Wildman–Crippen MR) is 73.6 cm³/mol. The van der Waals surface area contributed by atoms with E-state index in [1.807, 2.05) is 13.0 Å². The number of halogens is 1. The normalized spacial score (nSPS) is 24.3. The average Bonchev–Trinajstić information content (AvgIpc) is 3.20. The molecule has 0 aromatic carbocycles. The van der Waals surface area contributed by atoms with Crippen LogP contribution in [0.15, 0.2) is 11.6 Å². The van der Waals surface area contributed by atoms with Crippen LogP contribution in [0.2, 0.25) is 0 Å². The van der Waals surface area contributed by atoms with Gasteiger partial charge in [-0.05, 0) is 19.8 Å². The first-order valence-corrected chi connectivity index (χ1v) is 7.16. The molecular weight excluding hydrogens is 250 g/mol. The van der Waals surface area contributed by atoms with Crippen molar-refractivity contribution in [1.82, 2.24) is 15.1 Å². The molecule has 0 spiro atoms. The van der Waals surface area contributed by atoms with Gasteiger partial charge >= 0.3 is 0 Å². The predicted octanol–water partition coefficient (Wildman–Crippen LogP) is 1.02. The van der Waals surface area contributed by atoms with Gasteiger partial charge in [0, 0.05) is 44.3 Å². The van der Waals surface area contributed by atoms with Crippen molar-refractivity contribution in [3.63, 3.8) is 0 Å². The third kappa shape index (κ3) is 3.97. The zero-order valence-electron chi connectivity index (χ0n) is 10.9. The van der Waals surface area contributed by atoms with Crippen LogP contribution in [0.1, 0.15) is 19.8 Å². The molecule has 2 aliphatic rings. The number of hydrogen-bond donors (Lipinski definition) is 1. The summed E-state index contributed by atoms with van der Waals surface area (Å²) < 4.78 is 0. The lowest BCUT2D eigenvalue weighted by atomic mass is 10.2. The largest absolute Gasteiger partial charge is 0.352 e. The second-order valence-corrected chi connectivity index (χ2v) is 5.41. The number of carbonyl (C=O) groups is 1. The lowest BCUT2D eigenvalue weighted by Crippen LogP contribution is -2.54. The van der Waals surface area contributed by atoms with Crippen LogP contribution in [0.4, 0.5) is 0 Å². The third-order valence-electron chi connectivity index (χ3n) is 3.71. The molecular formula is C13H22ClN3O. The van der Waals surface area contributed by atoms with E-state index in [0.29, 0.717) is 6.04 Å². The fourth-order valence-corrected chi connectivity index (χ4v) is 2.32. The molecule has 1 saturated heterocycles. The molecule has 1 N–H and O–H groups in total. The smallest absolute Gasteiger partial charge is 0.237 e. The first kappa shape index (κ1) is 13.8. The maximum absolute atomic E-state index is 12.0. The van der Waals surface area contributed by atoms with E-state index >= 15 is 0 Å². The topological polar surface area (TPSA) is 35.6 Å². The van der Waals surface area contributed by atoms with Crippen LogP contribution >= 0.6 is 11.6 Å². The van der Waals surface area contributed by atoms with Crippen molar-refractivity contribution in [2.24, 2.45) is 0 Å². The summed E-state index contributed by atoms with van der Waals surface area (Å²) in [5.41, 5.74) is 1.57. The van der Waals surface area contributed by atoms with Crippen LogP contribution in [0.3, 0.4) is 0 Å². The fraction of sp³-hybridized carbons (Fsp3) is 0.769. The van der Waals surface area contributed by atoms with Gasteiger partial charge in [0.1, 0.15) is 0 Å². The summed E-state index contributed by atoms with van der Waals surface area (Å²) in [5.74, 6) is 0.187. The highest BCUT2D eigenvalue weighted by molar-refractivity contribution is 6.25. The number of nitrogens with one attached hydrogen (secondary N) is 1. The monoisotopic (exact) mass is 271 g/mol. The summed E-state index contributed by atoms with van der Waals surface area (Å²) >= 11 is 5.53. The second-order valence-electron chi connectivity index (χ2n) is 5.16. The maximum Gasteiger partial charge on any atom is 0.237 e. The Hall–Kier alpha value is -0.580. The molecule has 18 heavy (non-hydrogen) atoms. The molecule has 1 aliphatic carbocycles. The molecule has 2 fully saturated rings. The van der Waals surface area contributed by atoms with Crippen LogP contribution in [0, 0.1) is 0 Å². The van der Waals surface area contributed by atoms with E-state index in [1.54, 1.807) is 5.54 Å². The van der Waals surface area contributed by atoms with Crippen LogP contribution in [-0.2, 0) is 4.79 Å². The summed E-state index contributed by atoms with van der Waals surface area (Å²) in [5, 5.41) is 3.07. The number of rotatable bonds is 5. The van der Waals surface area contributed by atoms with Crippen molar-refractivity contribution in [3.8, 4) is 0 Å². The Morgan fingerprint density at radius 1 is 1.39 bits per heavy atom. The number of carbonyl (C=O) groups excluding carboxylic acids is 1. The van der Waals surface area contributed by atoms with E-state index in [1.165, 1.54) is 0 Å². The Labute approximate surface area is 114 Å². The summed E-state index contributed by atoms with van der Waals surface area (Å²) in [4.78, 5) is 16.6. The summed E-state index contributed by atoms with van der Waals surface area (Å²) in [6.07, 6.45) is 4.26.